The summed E-state index contributed by atoms with van der Waals surface area (Å²) in [7, 11) is 0. The second-order valence-corrected chi connectivity index (χ2v) is 7.83. The lowest BCUT2D eigenvalue weighted by molar-refractivity contribution is -0.150. The van der Waals surface area contributed by atoms with E-state index in [0.717, 1.165) is 34.5 Å². The van der Waals surface area contributed by atoms with Gasteiger partial charge in [0.05, 0.1) is 22.5 Å². The van der Waals surface area contributed by atoms with Crippen molar-refractivity contribution < 1.29 is 14.6 Å². The van der Waals surface area contributed by atoms with Gasteiger partial charge in [-0.2, -0.15) is 0 Å². The fraction of sp³-hybridized carbons (Fsp3) is 0.714. The van der Waals surface area contributed by atoms with E-state index in [1.165, 1.54) is 11.3 Å². The van der Waals surface area contributed by atoms with Gasteiger partial charge < -0.3 is 9.84 Å². The lowest BCUT2D eigenvalue weighted by atomic mass is 9.74. The van der Waals surface area contributed by atoms with E-state index < -0.39 is 5.60 Å². The van der Waals surface area contributed by atoms with Gasteiger partial charge in [-0.25, -0.2) is 4.98 Å². The largest absolute Gasteiger partial charge is 0.466 e. The average Bonchev–Trinajstić information content (AvgIpc) is 2.86. The summed E-state index contributed by atoms with van der Waals surface area (Å²) in [5.74, 6) is 0.0406. The third-order valence-electron chi connectivity index (χ3n) is 4.05. The lowest BCUT2D eigenvalue weighted by Gasteiger charge is -2.36. The Hall–Kier alpha value is -0.460. The Morgan fingerprint density at radius 1 is 1.55 bits per heavy atom. The Bertz CT molecular complexity index is 467. The minimum absolute atomic E-state index is 0.00923. The molecule has 1 atom stereocenters. The molecule has 1 aliphatic rings. The van der Waals surface area contributed by atoms with Crippen molar-refractivity contribution in [3.8, 4) is 0 Å². The molecule has 1 saturated carbocycles. The predicted octanol–water partition coefficient (Wildman–Crippen LogP) is 3.48. The van der Waals surface area contributed by atoms with Gasteiger partial charge in [0, 0.05) is 0 Å². The number of nitrogens with zero attached hydrogens (tertiary/aromatic N) is 1. The SMILES string of the molecule is CCOC(=O)C1CCC(C(C)(O)c2ncc(Br)s2)CC1. The summed E-state index contributed by atoms with van der Waals surface area (Å²) in [4.78, 5) is 16.0. The molecule has 20 heavy (non-hydrogen) atoms. The molecule has 1 fully saturated rings. The van der Waals surface area contributed by atoms with Crippen molar-refractivity contribution in [3.63, 3.8) is 0 Å². The number of aliphatic hydroxyl groups is 1. The Morgan fingerprint density at radius 2 is 2.20 bits per heavy atom. The highest BCUT2D eigenvalue weighted by Crippen LogP contribution is 2.42. The molecule has 0 bridgehead atoms. The van der Waals surface area contributed by atoms with Gasteiger partial charge in [-0.05, 0) is 61.4 Å². The van der Waals surface area contributed by atoms with E-state index in [1.54, 1.807) is 6.20 Å². The van der Waals surface area contributed by atoms with E-state index in [2.05, 4.69) is 20.9 Å². The fourth-order valence-electron chi connectivity index (χ4n) is 2.81. The second-order valence-electron chi connectivity index (χ2n) is 5.42. The molecule has 1 heterocycles. The molecular formula is C14H20BrNO3S. The van der Waals surface area contributed by atoms with Crippen molar-refractivity contribution in [2.45, 2.75) is 45.1 Å². The molecule has 1 N–H and O–H groups in total. The van der Waals surface area contributed by atoms with Gasteiger partial charge in [0.15, 0.2) is 0 Å². The Morgan fingerprint density at radius 3 is 2.70 bits per heavy atom. The first-order valence-corrected chi connectivity index (χ1v) is 8.57. The van der Waals surface area contributed by atoms with Crippen LogP contribution in [0.5, 0.6) is 0 Å². The average molecular weight is 362 g/mol. The molecule has 6 heteroatoms. The number of carbonyl (C=O) groups excluding carboxylic acids is 1. The van der Waals surface area contributed by atoms with Gasteiger partial charge in [-0.3, -0.25) is 4.79 Å². The summed E-state index contributed by atoms with van der Waals surface area (Å²) in [6, 6.07) is 0. The van der Waals surface area contributed by atoms with E-state index in [9.17, 15) is 9.90 Å². The third kappa shape index (κ3) is 3.40. The lowest BCUT2D eigenvalue weighted by Crippen LogP contribution is -2.36. The van der Waals surface area contributed by atoms with Gasteiger partial charge >= 0.3 is 5.97 Å². The van der Waals surface area contributed by atoms with Crippen LogP contribution in [-0.4, -0.2) is 22.7 Å². The topological polar surface area (TPSA) is 59.4 Å². The molecule has 1 aromatic rings. The number of hydrogen-bond acceptors (Lipinski definition) is 5. The minimum Gasteiger partial charge on any atom is -0.466 e. The Kier molecular flexibility index (Phi) is 5.20. The van der Waals surface area contributed by atoms with Crippen LogP contribution < -0.4 is 0 Å². The van der Waals surface area contributed by atoms with E-state index >= 15 is 0 Å². The molecule has 4 nitrogen and oxygen atoms in total. The van der Waals surface area contributed by atoms with Crippen LogP contribution in [0.4, 0.5) is 0 Å². The zero-order valence-electron chi connectivity index (χ0n) is 11.8. The quantitative estimate of drug-likeness (QED) is 0.833. The van der Waals surface area contributed by atoms with Crippen molar-refractivity contribution in [2.24, 2.45) is 11.8 Å². The molecule has 2 rings (SSSR count). The van der Waals surface area contributed by atoms with Crippen molar-refractivity contribution in [1.29, 1.82) is 0 Å². The molecule has 0 spiro atoms. The zero-order chi connectivity index (χ0) is 14.8. The number of ether oxygens (including phenoxy) is 1. The first kappa shape index (κ1) is 15.9. The van der Waals surface area contributed by atoms with Crippen LogP contribution >= 0.6 is 27.3 Å². The monoisotopic (exact) mass is 361 g/mol. The Balaban J connectivity index is 1.98. The van der Waals surface area contributed by atoms with Gasteiger partial charge in [-0.1, -0.05) is 0 Å². The van der Waals surface area contributed by atoms with Crippen LogP contribution in [-0.2, 0) is 15.1 Å². The third-order valence-corrected chi connectivity index (χ3v) is 5.76. The van der Waals surface area contributed by atoms with Crippen molar-refractivity contribution in [1.82, 2.24) is 4.98 Å². The number of hydrogen-bond donors (Lipinski definition) is 1. The number of aromatic nitrogens is 1. The highest BCUT2D eigenvalue weighted by atomic mass is 79.9. The molecule has 0 aliphatic heterocycles. The van der Waals surface area contributed by atoms with Crippen molar-refractivity contribution >= 4 is 33.2 Å². The normalized spacial score (nSPS) is 26.0. The molecule has 0 amide bonds. The van der Waals surface area contributed by atoms with Crippen LogP contribution in [0.3, 0.4) is 0 Å². The molecular weight excluding hydrogens is 342 g/mol. The first-order chi connectivity index (χ1) is 9.45. The summed E-state index contributed by atoms with van der Waals surface area (Å²) in [6.45, 7) is 4.09. The van der Waals surface area contributed by atoms with Gasteiger partial charge in [0.1, 0.15) is 10.6 Å². The second kappa shape index (κ2) is 6.54. The standard InChI is InChI=1S/C14H20BrNO3S/c1-3-19-12(17)9-4-6-10(7-5-9)14(2,18)13-16-8-11(15)20-13/h8-10,18H,3-7H2,1-2H3. The van der Waals surface area contributed by atoms with E-state index in [1.807, 2.05) is 13.8 Å². The van der Waals surface area contributed by atoms with Gasteiger partial charge in [0.25, 0.3) is 0 Å². The zero-order valence-corrected chi connectivity index (χ0v) is 14.2. The van der Waals surface area contributed by atoms with Crippen LogP contribution in [0.25, 0.3) is 0 Å². The van der Waals surface area contributed by atoms with E-state index in [4.69, 9.17) is 4.74 Å². The molecule has 1 aliphatic carbocycles. The highest BCUT2D eigenvalue weighted by Gasteiger charge is 2.40. The van der Waals surface area contributed by atoms with Crippen LogP contribution in [0.15, 0.2) is 9.98 Å². The van der Waals surface area contributed by atoms with Crippen LogP contribution in [0.2, 0.25) is 0 Å². The smallest absolute Gasteiger partial charge is 0.308 e. The number of rotatable bonds is 4. The van der Waals surface area contributed by atoms with Crippen LogP contribution in [0, 0.1) is 11.8 Å². The number of halogens is 1. The fourth-order valence-corrected chi connectivity index (χ4v) is 4.15. The number of thiazole rings is 1. The molecule has 112 valence electrons. The maximum Gasteiger partial charge on any atom is 0.308 e. The predicted molar refractivity (Wildman–Crippen MR) is 81.5 cm³/mol. The summed E-state index contributed by atoms with van der Waals surface area (Å²) in [5.41, 5.74) is -0.920. The van der Waals surface area contributed by atoms with Crippen molar-refractivity contribution in [3.05, 3.63) is 15.0 Å². The highest BCUT2D eigenvalue weighted by molar-refractivity contribution is 9.11. The van der Waals surface area contributed by atoms with Gasteiger partial charge in [-0.15, -0.1) is 11.3 Å². The molecule has 0 aromatic carbocycles. The summed E-state index contributed by atoms with van der Waals surface area (Å²) >= 11 is 4.85. The summed E-state index contributed by atoms with van der Waals surface area (Å²) in [5, 5.41) is 11.5. The Labute approximate surface area is 131 Å². The minimum atomic E-state index is -0.920. The van der Waals surface area contributed by atoms with Crippen LogP contribution in [0.1, 0.15) is 44.5 Å². The first-order valence-electron chi connectivity index (χ1n) is 6.96. The summed E-state index contributed by atoms with van der Waals surface area (Å²) < 4.78 is 6.00. The van der Waals surface area contributed by atoms with E-state index in [-0.39, 0.29) is 17.8 Å². The van der Waals surface area contributed by atoms with E-state index in [0.29, 0.717) is 6.61 Å². The van der Waals surface area contributed by atoms with Gasteiger partial charge in [0.2, 0.25) is 0 Å². The van der Waals surface area contributed by atoms with Crippen molar-refractivity contribution in [2.75, 3.05) is 6.61 Å². The molecule has 0 radical (unpaired) electrons. The number of esters is 1. The number of carbonyl (C=O) groups is 1. The molecule has 1 unspecified atom stereocenters. The maximum atomic E-state index is 11.7. The molecule has 1 aromatic heterocycles. The molecule has 0 saturated heterocycles. The summed E-state index contributed by atoms with van der Waals surface area (Å²) in [6.07, 6.45) is 4.94. The maximum absolute atomic E-state index is 11.7.